The van der Waals surface area contributed by atoms with E-state index < -0.39 is 10.0 Å². The van der Waals surface area contributed by atoms with E-state index in [-0.39, 0.29) is 10.7 Å². The van der Waals surface area contributed by atoms with Crippen molar-refractivity contribution < 1.29 is 8.42 Å². The largest absolute Gasteiger partial charge is 0.263 e. The third kappa shape index (κ3) is 2.88. The van der Waals surface area contributed by atoms with Gasteiger partial charge in [-0.05, 0) is 31.2 Å². The minimum atomic E-state index is -3.69. The first kappa shape index (κ1) is 14.7. The molecule has 1 aromatic heterocycles. The molecular weight excluding hydrogens is 322 g/mol. The summed E-state index contributed by atoms with van der Waals surface area (Å²) in [5.41, 5.74) is 2.04. The number of rotatable bonds is 3. The van der Waals surface area contributed by atoms with E-state index in [2.05, 4.69) is 14.7 Å². The molecule has 1 heterocycles. The van der Waals surface area contributed by atoms with Gasteiger partial charge in [0.05, 0.1) is 21.6 Å². The van der Waals surface area contributed by atoms with Gasteiger partial charge >= 0.3 is 0 Å². The summed E-state index contributed by atoms with van der Waals surface area (Å²) < 4.78 is 27.0. The van der Waals surface area contributed by atoms with Crippen LogP contribution in [0.4, 0.5) is 5.82 Å². The predicted molar refractivity (Wildman–Crippen MR) is 86.5 cm³/mol. The minimum Gasteiger partial charge on any atom is -0.262 e. The van der Waals surface area contributed by atoms with Crippen molar-refractivity contribution in [2.45, 2.75) is 11.8 Å². The number of sulfonamides is 1. The van der Waals surface area contributed by atoms with E-state index in [9.17, 15) is 8.42 Å². The Morgan fingerprint density at radius 1 is 1.09 bits per heavy atom. The van der Waals surface area contributed by atoms with E-state index in [0.717, 1.165) is 5.56 Å². The van der Waals surface area contributed by atoms with Gasteiger partial charge in [-0.2, -0.15) is 0 Å². The lowest BCUT2D eigenvalue weighted by Crippen LogP contribution is -2.14. The molecule has 0 spiro atoms. The van der Waals surface area contributed by atoms with Crippen LogP contribution in [-0.4, -0.2) is 18.4 Å². The normalized spacial score (nSPS) is 11.5. The van der Waals surface area contributed by atoms with Crippen molar-refractivity contribution in [2.75, 3.05) is 4.72 Å². The van der Waals surface area contributed by atoms with Crippen LogP contribution in [0.2, 0.25) is 5.02 Å². The maximum atomic E-state index is 12.3. The highest BCUT2D eigenvalue weighted by molar-refractivity contribution is 7.92. The van der Waals surface area contributed by atoms with Gasteiger partial charge in [-0.15, -0.1) is 0 Å². The molecule has 0 aliphatic heterocycles. The van der Waals surface area contributed by atoms with Crippen LogP contribution in [0.25, 0.3) is 11.0 Å². The average molecular weight is 334 g/mol. The highest BCUT2D eigenvalue weighted by atomic mass is 35.5. The summed E-state index contributed by atoms with van der Waals surface area (Å²) in [7, 11) is -3.69. The van der Waals surface area contributed by atoms with Gasteiger partial charge in [0.15, 0.2) is 5.82 Å². The SMILES string of the molecule is Cc1ccc(S(=O)(=O)Nc2cnc3c(Cl)cccc3n2)cc1. The lowest BCUT2D eigenvalue weighted by molar-refractivity contribution is 0.601. The van der Waals surface area contributed by atoms with Gasteiger partial charge in [0.2, 0.25) is 0 Å². The molecule has 0 saturated carbocycles. The summed E-state index contributed by atoms with van der Waals surface area (Å²) in [5.74, 6) is 0.148. The number of aryl methyl sites for hydroxylation is 1. The summed E-state index contributed by atoms with van der Waals surface area (Å²) in [4.78, 5) is 8.55. The number of anilines is 1. The highest BCUT2D eigenvalue weighted by Gasteiger charge is 2.15. The van der Waals surface area contributed by atoms with Crippen molar-refractivity contribution in [3.63, 3.8) is 0 Å². The molecule has 22 heavy (non-hydrogen) atoms. The van der Waals surface area contributed by atoms with Gasteiger partial charge in [-0.3, -0.25) is 4.72 Å². The number of halogens is 1. The van der Waals surface area contributed by atoms with Crippen molar-refractivity contribution in [3.05, 3.63) is 59.2 Å². The quantitative estimate of drug-likeness (QED) is 0.797. The van der Waals surface area contributed by atoms with Gasteiger partial charge in [0.1, 0.15) is 5.52 Å². The van der Waals surface area contributed by atoms with Crippen LogP contribution < -0.4 is 4.72 Å². The minimum absolute atomic E-state index is 0.148. The number of aromatic nitrogens is 2. The number of para-hydroxylation sites is 1. The van der Waals surface area contributed by atoms with Crippen LogP contribution in [0, 0.1) is 6.92 Å². The molecule has 5 nitrogen and oxygen atoms in total. The zero-order valence-electron chi connectivity index (χ0n) is 11.6. The standard InChI is InChI=1S/C15H12ClN3O2S/c1-10-5-7-11(8-6-10)22(20,21)19-14-9-17-15-12(16)3-2-4-13(15)18-14/h2-9H,1H3,(H,18,19). The molecule has 3 aromatic rings. The molecule has 2 aromatic carbocycles. The Hall–Kier alpha value is -2.18. The van der Waals surface area contributed by atoms with Gasteiger partial charge < -0.3 is 0 Å². The second-order valence-electron chi connectivity index (χ2n) is 4.78. The number of fused-ring (bicyclic) bond motifs is 1. The zero-order valence-corrected chi connectivity index (χ0v) is 13.2. The number of benzene rings is 2. The average Bonchev–Trinajstić information content (AvgIpc) is 2.47. The second-order valence-corrected chi connectivity index (χ2v) is 6.87. The molecule has 0 aliphatic rings. The van der Waals surface area contributed by atoms with Crippen LogP contribution in [0.15, 0.2) is 53.6 Å². The Balaban J connectivity index is 1.97. The number of hydrogen-bond donors (Lipinski definition) is 1. The van der Waals surface area contributed by atoms with Crippen molar-refractivity contribution in [3.8, 4) is 0 Å². The summed E-state index contributed by atoms with van der Waals surface area (Å²) in [6, 6.07) is 11.7. The number of hydrogen-bond acceptors (Lipinski definition) is 4. The van der Waals surface area contributed by atoms with E-state index in [1.807, 2.05) is 6.92 Å². The summed E-state index contributed by atoms with van der Waals surface area (Å²) in [6.45, 7) is 1.89. The first-order valence-electron chi connectivity index (χ1n) is 6.46. The molecule has 112 valence electrons. The van der Waals surface area contributed by atoms with Crippen molar-refractivity contribution >= 4 is 38.5 Å². The zero-order chi connectivity index (χ0) is 15.7. The van der Waals surface area contributed by atoms with E-state index in [1.54, 1.807) is 42.5 Å². The summed E-state index contributed by atoms with van der Waals surface area (Å²) >= 11 is 6.01. The van der Waals surface area contributed by atoms with Crippen molar-refractivity contribution in [1.82, 2.24) is 9.97 Å². The molecule has 3 rings (SSSR count). The first-order chi connectivity index (χ1) is 10.5. The molecule has 1 N–H and O–H groups in total. The van der Waals surface area contributed by atoms with E-state index in [4.69, 9.17) is 11.6 Å². The van der Waals surface area contributed by atoms with Crippen LogP contribution in [-0.2, 0) is 10.0 Å². The van der Waals surface area contributed by atoms with Gasteiger partial charge in [0.25, 0.3) is 10.0 Å². The summed E-state index contributed by atoms with van der Waals surface area (Å²) in [5, 5.41) is 0.470. The van der Waals surface area contributed by atoms with Gasteiger partial charge in [-0.1, -0.05) is 35.4 Å². The number of nitrogens with zero attached hydrogens (tertiary/aromatic N) is 2. The van der Waals surface area contributed by atoms with E-state index >= 15 is 0 Å². The number of nitrogens with one attached hydrogen (secondary N) is 1. The molecule has 0 atom stereocenters. The fourth-order valence-electron chi connectivity index (χ4n) is 1.97. The van der Waals surface area contributed by atoms with Crippen LogP contribution in [0.5, 0.6) is 0 Å². The Morgan fingerprint density at radius 2 is 1.82 bits per heavy atom. The molecule has 7 heteroatoms. The third-order valence-corrected chi connectivity index (χ3v) is 4.77. The summed E-state index contributed by atoms with van der Waals surface area (Å²) in [6.07, 6.45) is 1.35. The molecule has 0 unspecified atom stereocenters. The third-order valence-electron chi connectivity index (χ3n) is 3.09. The monoisotopic (exact) mass is 333 g/mol. The van der Waals surface area contributed by atoms with Gasteiger partial charge in [-0.25, -0.2) is 18.4 Å². The Kier molecular flexibility index (Phi) is 3.72. The fraction of sp³-hybridized carbons (Fsp3) is 0.0667. The van der Waals surface area contributed by atoms with Crippen LogP contribution in [0.1, 0.15) is 5.56 Å². The smallest absolute Gasteiger partial charge is 0.262 e. The predicted octanol–water partition coefficient (Wildman–Crippen LogP) is 3.39. The molecular formula is C15H12ClN3O2S. The fourth-order valence-corrected chi connectivity index (χ4v) is 3.17. The van der Waals surface area contributed by atoms with Crippen LogP contribution in [0.3, 0.4) is 0 Å². The Labute approximate surface area is 133 Å². The molecule has 0 radical (unpaired) electrons. The first-order valence-corrected chi connectivity index (χ1v) is 8.32. The molecule has 0 fully saturated rings. The topological polar surface area (TPSA) is 72.0 Å². The van der Waals surface area contributed by atoms with E-state index in [1.165, 1.54) is 6.20 Å². The van der Waals surface area contributed by atoms with Crippen molar-refractivity contribution in [1.29, 1.82) is 0 Å². The maximum Gasteiger partial charge on any atom is 0.263 e. The second kappa shape index (κ2) is 5.55. The van der Waals surface area contributed by atoms with Crippen LogP contribution >= 0.6 is 11.6 Å². The molecule has 0 aliphatic carbocycles. The highest BCUT2D eigenvalue weighted by Crippen LogP contribution is 2.22. The lowest BCUT2D eigenvalue weighted by atomic mass is 10.2. The van der Waals surface area contributed by atoms with Gasteiger partial charge in [0, 0.05) is 0 Å². The maximum absolute atomic E-state index is 12.3. The molecule has 0 amide bonds. The molecule has 0 saturated heterocycles. The Morgan fingerprint density at radius 3 is 2.55 bits per heavy atom. The van der Waals surface area contributed by atoms with Crippen molar-refractivity contribution in [2.24, 2.45) is 0 Å². The molecule has 0 bridgehead atoms. The lowest BCUT2D eigenvalue weighted by Gasteiger charge is -2.08. The van der Waals surface area contributed by atoms with E-state index in [0.29, 0.717) is 16.1 Å². The Bertz CT molecular complexity index is 941.